The van der Waals surface area contributed by atoms with Crippen molar-refractivity contribution in [2.75, 3.05) is 13.1 Å². The molecule has 0 aromatic heterocycles. The van der Waals surface area contributed by atoms with E-state index in [-0.39, 0.29) is 6.03 Å². The van der Waals surface area contributed by atoms with Gasteiger partial charge in [-0.1, -0.05) is 34.1 Å². The molecule has 0 aromatic rings. The Morgan fingerprint density at radius 2 is 1.95 bits per heavy atom. The second-order valence-corrected chi connectivity index (χ2v) is 6.78. The van der Waals surface area contributed by atoms with E-state index >= 15 is 0 Å². The lowest BCUT2D eigenvalue weighted by molar-refractivity contribution is -0.142. The van der Waals surface area contributed by atoms with Crippen LogP contribution in [0.1, 0.15) is 53.4 Å². The number of aliphatic carboxylic acids is 1. The van der Waals surface area contributed by atoms with Gasteiger partial charge < -0.3 is 15.3 Å². The van der Waals surface area contributed by atoms with Gasteiger partial charge >= 0.3 is 12.0 Å². The first-order valence-corrected chi connectivity index (χ1v) is 7.54. The molecule has 0 aromatic carbocycles. The van der Waals surface area contributed by atoms with Gasteiger partial charge in [-0.2, -0.15) is 0 Å². The minimum absolute atomic E-state index is 0.246. The maximum atomic E-state index is 12.3. The van der Waals surface area contributed by atoms with E-state index in [1.54, 1.807) is 4.90 Å². The third-order valence-electron chi connectivity index (χ3n) is 4.09. The molecule has 2 amide bonds. The Bertz CT molecular complexity index is 350. The van der Waals surface area contributed by atoms with Crippen molar-refractivity contribution in [1.82, 2.24) is 10.2 Å². The molecule has 1 aliphatic rings. The molecule has 5 nitrogen and oxygen atoms in total. The smallest absolute Gasteiger partial charge is 0.326 e. The Morgan fingerprint density at radius 1 is 1.30 bits per heavy atom. The highest BCUT2D eigenvalue weighted by atomic mass is 16.4. The van der Waals surface area contributed by atoms with E-state index in [0.717, 1.165) is 38.8 Å². The third-order valence-corrected chi connectivity index (χ3v) is 4.09. The molecule has 0 saturated carbocycles. The van der Waals surface area contributed by atoms with Crippen molar-refractivity contribution < 1.29 is 14.7 Å². The molecule has 1 saturated heterocycles. The van der Waals surface area contributed by atoms with Crippen molar-refractivity contribution in [2.45, 2.75) is 59.4 Å². The number of rotatable bonds is 3. The molecule has 1 fully saturated rings. The fourth-order valence-electron chi connectivity index (χ4n) is 2.64. The van der Waals surface area contributed by atoms with Crippen LogP contribution in [-0.4, -0.2) is 41.1 Å². The fourth-order valence-corrected chi connectivity index (χ4v) is 2.64. The topological polar surface area (TPSA) is 69.6 Å². The van der Waals surface area contributed by atoms with Crippen molar-refractivity contribution in [3.8, 4) is 0 Å². The van der Waals surface area contributed by atoms with Crippen molar-refractivity contribution in [3.63, 3.8) is 0 Å². The monoisotopic (exact) mass is 284 g/mol. The number of hydrogen-bond acceptors (Lipinski definition) is 2. The number of amides is 2. The average molecular weight is 284 g/mol. The summed E-state index contributed by atoms with van der Waals surface area (Å²) in [6, 6.07) is -1.11. The largest absolute Gasteiger partial charge is 0.480 e. The van der Waals surface area contributed by atoms with Gasteiger partial charge in [0.2, 0.25) is 0 Å². The Hall–Kier alpha value is -1.26. The molecule has 0 spiro atoms. The van der Waals surface area contributed by atoms with Crippen molar-refractivity contribution in [1.29, 1.82) is 0 Å². The second kappa shape index (κ2) is 6.95. The summed E-state index contributed by atoms with van der Waals surface area (Å²) >= 11 is 0. The molecule has 2 N–H and O–H groups in total. The quantitative estimate of drug-likeness (QED) is 0.837. The molecule has 0 aliphatic carbocycles. The van der Waals surface area contributed by atoms with E-state index in [1.807, 2.05) is 20.8 Å². The number of nitrogens with zero attached hydrogens (tertiary/aromatic N) is 1. The third kappa shape index (κ3) is 4.69. The first-order chi connectivity index (χ1) is 9.25. The molecule has 2 atom stereocenters. The number of carboxylic acid groups (broad SMARTS) is 1. The Balaban J connectivity index is 2.63. The van der Waals surface area contributed by atoms with Gasteiger partial charge in [0.25, 0.3) is 0 Å². The molecule has 116 valence electrons. The minimum Gasteiger partial charge on any atom is -0.480 e. The molecule has 1 rings (SSSR count). The van der Waals surface area contributed by atoms with Crippen LogP contribution >= 0.6 is 0 Å². The Labute approximate surface area is 121 Å². The zero-order chi connectivity index (χ0) is 15.3. The molecule has 2 unspecified atom stereocenters. The van der Waals surface area contributed by atoms with Gasteiger partial charge in [-0.15, -0.1) is 0 Å². The summed E-state index contributed by atoms with van der Waals surface area (Å²) in [5.74, 6) is -0.294. The molecule has 1 aliphatic heterocycles. The summed E-state index contributed by atoms with van der Waals surface area (Å²) in [5.41, 5.74) is -0.501. The van der Waals surface area contributed by atoms with Crippen LogP contribution in [0.4, 0.5) is 4.79 Å². The molecule has 1 heterocycles. The first-order valence-electron chi connectivity index (χ1n) is 7.54. The molecule has 5 heteroatoms. The molecular weight excluding hydrogens is 256 g/mol. The lowest BCUT2D eigenvalue weighted by Crippen LogP contribution is -2.53. The number of nitrogens with one attached hydrogen (secondary N) is 1. The second-order valence-electron chi connectivity index (χ2n) is 6.78. The zero-order valence-corrected chi connectivity index (χ0v) is 13.1. The van der Waals surface area contributed by atoms with Gasteiger partial charge in [0, 0.05) is 13.1 Å². The number of urea groups is 1. The van der Waals surface area contributed by atoms with Crippen molar-refractivity contribution in [2.24, 2.45) is 11.3 Å². The number of likely N-dealkylation sites (tertiary alicyclic amines) is 1. The van der Waals surface area contributed by atoms with Crippen LogP contribution in [0, 0.1) is 11.3 Å². The Morgan fingerprint density at radius 3 is 2.45 bits per heavy atom. The Kier molecular flexibility index (Phi) is 5.84. The van der Waals surface area contributed by atoms with Gasteiger partial charge in [-0.3, -0.25) is 0 Å². The highest BCUT2D eigenvalue weighted by molar-refractivity contribution is 5.83. The van der Waals surface area contributed by atoms with Gasteiger partial charge in [0.05, 0.1) is 0 Å². The number of carboxylic acids is 1. The summed E-state index contributed by atoms with van der Waals surface area (Å²) < 4.78 is 0. The van der Waals surface area contributed by atoms with Crippen LogP contribution in [-0.2, 0) is 4.79 Å². The maximum absolute atomic E-state index is 12.3. The normalized spacial score (nSPS) is 22.0. The van der Waals surface area contributed by atoms with Crippen LogP contribution in [0.5, 0.6) is 0 Å². The number of carbonyl (C=O) groups is 2. The van der Waals surface area contributed by atoms with Crippen molar-refractivity contribution in [3.05, 3.63) is 0 Å². The maximum Gasteiger partial charge on any atom is 0.326 e. The lowest BCUT2D eigenvalue weighted by atomic mass is 9.87. The van der Waals surface area contributed by atoms with E-state index < -0.39 is 17.4 Å². The predicted octanol–water partition coefficient (Wildman–Crippen LogP) is 2.71. The summed E-state index contributed by atoms with van der Waals surface area (Å²) in [7, 11) is 0. The van der Waals surface area contributed by atoms with Gasteiger partial charge in [0.15, 0.2) is 0 Å². The van der Waals surface area contributed by atoms with E-state index in [4.69, 9.17) is 0 Å². The summed E-state index contributed by atoms with van der Waals surface area (Å²) in [6.45, 7) is 9.09. The molecular formula is C15H28N2O3. The predicted molar refractivity (Wildman–Crippen MR) is 78.6 cm³/mol. The van der Waals surface area contributed by atoms with Crippen molar-refractivity contribution >= 4 is 12.0 Å². The van der Waals surface area contributed by atoms with Gasteiger partial charge in [-0.25, -0.2) is 9.59 Å². The zero-order valence-electron chi connectivity index (χ0n) is 13.1. The minimum atomic E-state index is -0.980. The summed E-state index contributed by atoms with van der Waals surface area (Å²) in [4.78, 5) is 25.3. The van der Waals surface area contributed by atoms with Crippen LogP contribution < -0.4 is 5.32 Å². The molecule has 0 bridgehead atoms. The van der Waals surface area contributed by atoms with Crippen LogP contribution in [0.2, 0.25) is 0 Å². The van der Waals surface area contributed by atoms with Gasteiger partial charge in [0.1, 0.15) is 6.04 Å². The SMILES string of the molecule is CCC1CCCN(C(=O)NC(C(=O)O)C(C)(C)C)CC1. The standard InChI is InChI=1S/C15H28N2O3/c1-5-11-7-6-9-17(10-8-11)14(20)16-12(13(18)19)15(2,3)4/h11-12H,5-10H2,1-4H3,(H,16,20)(H,18,19). The van der Waals surface area contributed by atoms with Crippen LogP contribution in [0.3, 0.4) is 0 Å². The molecule has 0 radical (unpaired) electrons. The van der Waals surface area contributed by atoms with Crippen LogP contribution in [0.25, 0.3) is 0 Å². The average Bonchev–Trinajstić information content (AvgIpc) is 2.58. The highest BCUT2D eigenvalue weighted by Gasteiger charge is 2.34. The fraction of sp³-hybridized carbons (Fsp3) is 0.867. The van der Waals surface area contributed by atoms with E-state index in [9.17, 15) is 14.7 Å². The number of carbonyl (C=O) groups excluding carboxylic acids is 1. The molecule has 20 heavy (non-hydrogen) atoms. The van der Waals surface area contributed by atoms with E-state index in [2.05, 4.69) is 12.2 Å². The summed E-state index contributed by atoms with van der Waals surface area (Å²) in [5, 5.41) is 11.9. The van der Waals surface area contributed by atoms with Crippen LogP contribution in [0.15, 0.2) is 0 Å². The first kappa shape index (κ1) is 16.8. The highest BCUT2D eigenvalue weighted by Crippen LogP contribution is 2.22. The number of hydrogen-bond donors (Lipinski definition) is 2. The summed E-state index contributed by atoms with van der Waals surface area (Å²) in [6.07, 6.45) is 4.31. The van der Waals surface area contributed by atoms with E-state index in [1.165, 1.54) is 0 Å². The van der Waals surface area contributed by atoms with Gasteiger partial charge in [-0.05, 0) is 30.6 Å². The van der Waals surface area contributed by atoms with E-state index in [0.29, 0.717) is 5.92 Å². The lowest BCUT2D eigenvalue weighted by Gasteiger charge is -2.30.